The second kappa shape index (κ2) is 13.8. The summed E-state index contributed by atoms with van der Waals surface area (Å²) in [5, 5.41) is 13.8. The molecule has 0 spiro atoms. The zero-order chi connectivity index (χ0) is 33.9. The second-order valence-corrected chi connectivity index (χ2v) is 13.9. The van der Waals surface area contributed by atoms with E-state index in [1.807, 2.05) is 0 Å². The predicted octanol–water partition coefficient (Wildman–Crippen LogP) is 10.3. The summed E-state index contributed by atoms with van der Waals surface area (Å²) in [6.45, 7) is 13.3. The lowest BCUT2D eigenvalue weighted by Gasteiger charge is -2.27. The number of fused-ring (bicyclic) bond motifs is 6. The van der Waals surface area contributed by atoms with Gasteiger partial charge in [-0.05, 0) is 72.0 Å². The SMILES string of the molecule is CCC[N+]1=C(C=CC=CC=CC=C2N(CCCCC(=O)OO)c3ccc4ccccc4c3C2(C)C)C(C)(C)c2c1ccc1ccccc21. The molecule has 0 saturated heterocycles. The number of hydrogen-bond acceptors (Lipinski definition) is 4. The van der Waals surface area contributed by atoms with Gasteiger partial charge in [0, 0.05) is 53.9 Å². The smallest absolute Gasteiger partial charge is 0.342 e. The van der Waals surface area contributed by atoms with Crippen molar-refractivity contribution in [2.24, 2.45) is 0 Å². The molecule has 1 N–H and O–H groups in total. The molecule has 0 aliphatic carbocycles. The maximum Gasteiger partial charge on any atom is 0.342 e. The summed E-state index contributed by atoms with van der Waals surface area (Å²) in [5.41, 5.74) is 7.51. The Balaban J connectivity index is 1.24. The van der Waals surface area contributed by atoms with Crippen molar-refractivity contribution >= 4 is 44.6 Å². The zero-order valence-electron chi connectivity index (χ0n) is 28.9. The van der Waals surface area contributed by atoms with Gasteiger partial charge in [0.2, 0.25) is 5.69 Å². The van der Waals surface area contributed by atoms with Crippen molar-refractivity contribution < 1.29 is 19.5 Å². The van der Waals surface area contributed by atoms with Crippen LogP contribution in [-0.2, 0) is 20.5 Å². The molecule has 48 heavy (non-hydrogen) atoms. The first-order chi connectivity index (χ1) is 23.2. The standard InChI is InChI=1S/C43H46N2O3/c1-6-29-44-35-27-25-31-18-12-14-20-33(31)40(35)42(2,3)37(44)22-10-8-7-9-11-23-38-43(4,5)41-34-21-15-13-19-32(34)26-28-36(41)45(38)30-17-16-24-39(46)48-47/h7-15,18-23,25-28H,6,16-17,24,29-30H2,1-5H3/p+1. The number of carbonyl (C=O) groups excluding carboxylic acids is 1. The molecule has 0 radical (unpaired) electrons. The maximum absolute atomic E-state index is 11.5. The summed E-state index contributed by atoms with van der Waals surface area (Å²) in [4.78, 5) is 17.8. The van der Waals surface area contributed by atoms with Crippen LogP contribution >= 0.6 is 0 Å². The summed E-state index contributed by atoms with van der Waals surface area (Å²) in [6.07, 6.45) is 17.8. The lowest BCUT2D eigenvalue weighted by Crippen LogP contribution is -2.28. The summed E-state index contributed by atoms with van der Waals surface area (Å²) in [7, 11) is 0. The van der Waals surface area contributed by atoms with Crippen molar-refractivity contribution in [3.05, 3.63) is 132 Å². The first-order valence-electron chi connectivity index (χ1n) is 17.2. The van der Waals surface area contributed by atoms with Gasteiger partial charge in [0.15, 0.2) is 5.71 Å². The lowest BCUT2D eigenvalue weighted by molar-refractivity contribution is -0.437. The quantitative estimate of drug-likeness (QED) is 0.0583. The Kier molecular flexibility index (Phi) is 9.52. The van der Waals surface area contributed by atoms with Crippen molar-refractivity contribution in [2.45, 2.75) is 71.1 Å². The van der Waals surface area contributed by atoms with E-state index in [2.05, 4.69) is 164 Å². The van der Waals surface area contributed by atoms with E-state index in [0.717, 1.165) is 25.9 Å². The third-order valence-electron chi connectivity index (χ3n) is 10.0. The zero-order valence-corrected chi connectivity index (χ0v) is 28.9. The summed E-state index contributed by atoms with van der Waals surface area (Å²) < 4.78 is 2.50. The molecule has 2 aliphatic rings. The minimum absolute atomic E-state index is 0.106. The molecule has 5 heteroatoms. The van der Waals surface area contributed by atoms with Crippen LogP contribution in [0.4, 0.5) is 11.4 Å². The number of hydrogen-bond donors (Lipinski definition) is 1. The van der Waals surface area contributed by atoms with Gasteiger partial charge in [-0.15, -0.1) is 0 Å². The molecular formula is C43H47N2O3+. The van der Waals surface area contributed by atoms with Gasteiger partial charge in [0.1, 0.15) is 6.54 Å². The first kappa shape index (κ1) is 33.2. The molecule has 2 aliphatic heterocycles. The van der Waals surface area contributed by atoms with E-state index in [0.29, 0.717) is 6.42 Å². The molecule has 0 fully saturated rings. The fourth-order valence-electron chi connectivity index (χ4n) is 7.85. The highest BCUT2D eigenvalue weighted by Crippen LogP contribution is 2.51. The highest BCUT2D eigenvalue weighted by atomic mass is 17.1. The Bertz CT molecular complexity index is 2010. The minimum Gasteiger partial charge on any atom is -0.344 e. The number of rotatable bonds is 11. The molecular weight excluding hydrogens is 592 g/mol. The van der Waals surface area contributed by atoms with Crippen LogP contribution in [0.2, 0.25) is 0 Å². The fraction of sp³-hybridized carbons (Fsp3) is 0.302. The number of nitrogens with zero attached hydrogens (tertiary/aromatic N) is 2. The first-order valence-corrected chi connectivity index (χ1v) is 17.2. The molecule has 4 aromatic rings. The summed E-state index contributed by atoms with van der Waals surface area (Å²) in [6, 6.07) is 26.3. The molecule has 246 valence electrons. The van der Waals surface area contributed by atoms with Crippen LogP contribution in [0.25, 0.3) is 21.5 Å². The van der Waals surface area contributed by atoms with Crippen molar-refractivity contribution in [1.29, 1.82) is 0 Å². The summed E-state index contributed by atoms with van der Waals surface area (Å²) >= 11 is 0. The lowest BCUT2D eigenvalue weighted by atomic mass is 9.79. The van der Waals surface area contributed by atoms with Gasteiger partial charge in [0.05, 0.1) is 5.41 Å². The van der Waals surface area contributed by atoms with Crippen molar-refractivity contribution in [3.63, 3.8) is 0 Å². The molecule has 0 amide bonds. The number of unbranched alkanes of at least 4 members (excludes halogenated alkanes) is 1. The molecule has 5 nitrogen and oxygen atoms in total. The van der Waals surface area contributed by atoms with Gasteiger partial charge < -0.3 is 9.79 Å². The predicted molar refractivity (Wildman–Crippen MR) is 199 cm³/mol. The Morgan fingerprint density at radius 1 is 0.792 bits per heavy atom. The van der Waals surface area contributed by atoms with Crippen LogP contribution in [0.5, 0.6) is 0 Å². The molecule has 0 aromatic heterocycles. The third-order valence-corrected chi connectivity index (χ3v) is 10.0. The largest absolute Gasteiger partial charge is 0.344 e. The average Bonchev–Trinajstić information content (AvgIpc) is 3.44. The van der Waals surface area contributed by atoms with E-state index < -0.39 is 5.97 Å². The Morgan fingerprint density at radius 2 is 1.44 bits per heavy atom. The minimum atomic E-state index is -0.589. The van der Waals surface area contributed by atoms with Crippen LogP contribution in [0.15, 0.2) is 121 Å². The second-order valence-electron chi connectivity index (χ2n) is 13.9. The molecule has 0 unspecified atom stereocenters. The normalized spacial score (nSPS) is 17.5. The monoisotopic (exact) mass is 639 g/mol. The maximum atomic E-state index is 11.5. The van der Waals surface area contributed by atoms with Gasteiger partial charge >= 0.3 is 5.97 Å². The number of allylic oxidation sites excluding steroid dienone is 8. The Morgan fingerprint density at radius 3 is 2.15 bits per heavy atom. The Hall–Kier alpha value is -4.74. The highest BCUT2D eigenvalue weighted by molar-refractivity contribution is 6.07. The Labute approximate surface area is 284 Å². The van der Waals surface area contributed by atoms with Crippen molar-refractivity contribution in [3.8, 4) is 0 Å². The number of carbonyl (C=O) groups is 1. The third kappa shape index (κ3) is 6.04. The van der Waals surface area contributed by atoms with E-state index in [1.165, 1.54) is 55.5 Å². The van der Waals surface area contributed by atoms with Gasteiger partial charge in [0.25, 0.3) is 0 Å². The van der Waals surface area contributed by atoms with E-state index in [-0.39, 0.29) is 17.3 Å². The van der Waals surface area contributed by atoms with E-state index in [1.54, 1.807) is 0 Å². The van der Waals surface area contributed by atoms with Gasteiger partial charge in [-0.3, -0.25) is 0 Å². The molecule has 6 rings (SSSR count). The average molecular weight is 640 g/mol. The van der Waals surface area contributed by atoms with E-state index >= 15 is 0 Å². The molecule has 4 aromatic carbocycles. The van der Waals surface area contributed by atoms with Gasteiger partial charge in [-0.2, -0.15) is 9.83 Å². The van der Waals surface area contributed by atoms with Crippen molar-refractivity contribution in [2.75, 3.05) is 18.0 Å². The van der Waals surface area contributed by atoms with Crippen LogP contribution in [0.3, 0.4) is 0 Å². The van der Waals surface area contributed by atoms with Gasteiger partial charge in [-0.25, -0.2) is 4.79 Å². The number of benzene rings is 4. The van der Waals surface area contributed by atoms with E-state index in [9.17, 15) is 4.79 Å². The molecule has 0 atom stereocenters. The van der Waals surface area contributed by atoms with Crippen molar-refractivity contribution in [1.82, 2.24) is 0 Å². The van der Waals surface area contributed by atoms with Crippen LogP contribution < -0.4 is 4.90 Å². The summed E-state index contributed by atoms with van der Waals surface area (Å²) in [5.74, 6) is -0.589. The molecule has 0 bridgehead atoms. The fourth-order valence-corrected chi connectivity index (χ4v) is 7.85. The van der Waals surface area contributed by atoms with Crippen LogP contribution in [-0.4, -0.2) is 34.6 Å². The van der Waals surface area contributed by atoms with E-state index in [4.69, 9.17) is 5.26 Å². The van der Waals surface area contributed by atoms with Crippen LogP contribution in [0, 0.1) is 0 Å². The molecule has 0 saturated carbocycles. The number of anilines is 1. The van der Waals surface area contributed by atoms with Gasteiger partial charge in [-0.1, -0.05) is 106 Å². The molecule has 2 heterocycles. The van der Waals surface area contributed by atoms with Crippen LogP contribution in [0.1, 0.15) is 71.4 Å². The topological polar surface area (TPSA) is 52.8 Å². The highest BCUT2D eigenvalue weighted by Gasteiger charge is 2.45.